The maximum atomic E-state index is 13.2. The van der Waals surface area contributed by atoms with Crippen molar-refractivity contribution < 1.29 is 13.9 Å². The molecular formula is C20H19FN2O2S. The Morgan fingerprint density at radius 2 is 1.88 bits per heavy atom. The van der Waals surface area contributed by atoms with Gasteiger partial charge in [0.2, 0.25) is 0 Å². The summed E-state index contributed by atoms with van der Waals surface area (Å²) < 4.78 is 20.4. The van der Waals surface area contributed by atoms with Crippen LogP contribution in [0.5, 0.6) is 5.75 Å². The van der Waals surface area contributed by atoms with Crippen LogP contribution < -0.4 is 9.54 Å². The predicted octanol–water partition coefficient (Wildman–Crippen LogP) is 4.20. The quantitative estimate of drug-likeness (QED) is 0.691. The first-order valence-electron chi connectivity index (χ1n) is 8.21. The topological polar surface area (TPSA) is 43.6 Å². The van der Waals surface area contributed by atoms with Crippen LogP contribution in [0.4, 0.5) is 4.39 Å². The third-order valence-corrected chi connectivity index (χ3v) is 5.35. The van der Waals surface area contributed by atoms with Crippen molar-refractivity contribution >= 4 is 17.2 Å². The van der Waals surface area contributed by atoms with E-state index in [9.17, 15) is 9.18 Å². The van der Waals surface area contributed by atoms with Crippen LogP contribution >= 0.6 is 11.3 Å². The number of aryl methyl sites for hydroxylation is 1. The van der Waals surface area contributed by atoms with Crippen LogP contribution in [0.15, 0.2) is 53.5 Å². The summed E-state index contributed by atoms with van der Waals surface area (Å²) in [7, 11) is 3.39. The second-order valence-electron chi connectivity index (χ2n) is 5.69. The number of halogens is 1. The molecule has 0 fully saturated rings. The van der Waals surface area contributed by atoms with E-state index in [4.69, 9.17) is 4.74 Å². The van der Waals surface area contributed by atoms with Crippen LogP contribution in [0.25, 0.3) is 11.3 Å². The van der Waals surface area contributed by atoms with Gasteiger partial charge in [-0.2, -0.15) is 4.99 Å². The molecule has 0 aliphatic rings. The molecule has 1 amide bonds. The average molecular weight is 370 g/mol. The maximum Gasteiger partial charge on any atom is 0.283 e. The molecule has 0 bridgehead atoms. The van der Waals surface area contributed by atoms with E-state index in [0.29, 0.717) is 16.1 Å². The number of methoxy groups -OCH3 is 1. The Kier molecular flexibility index (Phi) is 5.32. The second-order valence-corrected chi connectivity index (χ2v) is 6.76. The van der Waals surface area contributed by atoms with Gasteiger partial charge in [0.15, 0.2) is 4.80 Å². The Balaban J connectivity index is 2.10. The van der Waals surface area contributed by atoms with Gasteiger partial charge in [0.25, 0.3) is 5.91 Å². The minimum absolute atomic E-state index is 0.277. The highest BCUT2D eigenvalue weighted by molar-refractivity contribution is 7.09. The number of benzene rings is 2. The van der Waals surface area contributed by atoms with Crippen LogP contribution in [0.2, 0.25) is 0 Å². The molecule has 0 unspecified atom stereocenters. The van der Waals surface area contributed by atoms with Crippen LogP contribution in [0, 0.1) is 5.82 Å². The van der Waals surface area contributed by atoms with Crippen molar-refractivity contribution in [2.24, 2.45) is 12.0 Å². The second kappa shape index (κ2) is 7.66. The van der Waals surface area contributed by atoms with Gasteiger partial charge in [0, 0.05) is 11.9 Å². The Bertz CT molecular complexity index is 1000. The predicted molar refractivity (Wildman–Crippen MR) is 101 cm³/mol. The Hall–Kier alpha value is -2.73. The third-order valence-electron chi connectivity index (χ3n) is 4.07. The molecule has 1 heterocycles. The number of ether oxygens (including phenoxy) is 1. The Morgan fingerprint density at radius 3 is 2.54 bits per heavy atom. The summed E-state index contributed by atoms with van der Waals surface area (Å²) in [6.07, 6.45) is 0.795. The molecule has 0 atom stereocenters. The molecule has 134 valence electrons. The molecule has 0 saturated carbocycles. The highest BCUT2D eigenvalue weighted by Gasteiger charge is 2.15. The van der Waals surface area contributed by atoms with Crippen molar-refractivity contribution in [3.05, 3.63) is 69.6 Å². The number of para-hydroxylation sites is 1. The Labute approximate surface area is 155 Å². The summed E-state index contributed by atoms with van der Waals surface area (Å²) in [5, 5.41) is 0. The molecule has 1 aromatic heterocycles. The van der Waals surface area contributed by atoms with Gasteiger partial charge in [-0.1, -0.05) is 19.1 Å². The van der Waals surface area contributed by atoms with E-state index in [-0.39, 0.29) is 11.7 Å². The molecular weight excluding hydrogens is 351 g/mol. The fourth-order valence-electron chi connectivity index (χ4n) is 2.78. The monoisotopic (exact) mass is 370 g/mol. The number of aromatic nitrogens is 1. The van der Waals surface area contributed by atoms with Gasteiger partial charge < -0.3 is 9.30 Å². The zero-order chi connectivity index (χ0) is 18.7. The molecule has 26 heavy (non-hydrogen) atoms. The number of hydrogen-bond donors (Lipinski definition) is 0. The first-order valence-corrected chi connectivity index (χ1v) is 9.03. The van der Waals surface area contributed by atoms with E-state index < -0.39 is 0 Å². The SMILES string of the molecule is CCc1sc(=NC(=O)c2ccccc2OC)n(C)c1-c1ccc(F)cc1. The molecule has 3 aromatic rings. The lowest BCUT2D eigenvalue weighted by atomic mass is 10.1. The van der Waals surface area contributed by atoms with Crippen LogP contribution in [0.3, 0.4) is 0 Å². The molecule has 0 spiro atoms. The van der Waals surface area contributed by atoms with Crippen molar-refractivity contribution in [2.75, 3.05) is 7.11 Å². The van der Waals surface area contributed by atoms with Crippen LogP contribution in [-0.2, 0) is 13.5 Å². The van der Waals surface area contributed by atoms with Gasteiger partial charge in [-0.05, 0) is 48.4 Å². The molecule has 3 rings (SSSR count). The van der Waals surface area contributed by atoms with E-state index in [1.165, 1.54) is 30.6 Å². The number of carbonyl (C=O) groups excluding carboxylic acids is 1. The number of nitrogens with zero attached hydrogens (tertiary/aromatic N) is 2. The summed E-state index contributed by atoms with van der Waals surface area (Å²) >= 11 is 1.46. The van der Waals surface area contributed by atoms with Gasteiger partial charge in [-0.25, -0.2) is 4.39 Å². The molecule has 0 N–H and O–H groups in total. The highest BCUT2D eigenvalue weighted by Crippen LogP contribution is 2.26. The van der Waals surface area contributed by atoms with Crippen molar-refractivity contribution in [2.45, 2.75) is 13.3 Å². The first-order chi connectivity index (χ1) is 12.5. The summed E-state index contributed by atoms with van der Waals surface area (Å²) in [6.45, 7) is 2.05. The minimum Gasteiger partial charge on any atom is -0.496 e. The average Bonchev–Trinajstić information content (AvgIpc) is 2.98. The van der Waals surface area contributed by atoms with Crippen molar-refractivity contribution in [3.63, 3.8) is 0 Å². The standard InChI is InChI=1S/C20H19FN2O2S/c1-4-17-18(13-9-11-14(21)12-10-13)23(2)20(26-17)22-19(24)15-7-5-6-8-16(15)25-3/h5-12H,4H2,1-3H3. The zero-order valence-electron chi connectivity index (χ0n) is 14.8. The van der Waals surface area contributed by atoms with Gasteiger partial charge >= 0.3 is 0 Å². The lowest BCUT2D eigenvalue weighted by Crippen LogP contribution is -2.14. The molecule has 0 radical (unpaired) electrons. The minimum atomic E-state index is -0.354. The van der Waals surface area contributed by atoms with E-state index in [1.807, 2.05) is 24.6 Å². The lowest BCUT2D eigenvalue weighted by molar-refractivity contribution is 0.0995. The summed E-state index contributed by atoms with van der Waals surface area (Å²) in [4.78, 5) is 18.6. The number of carbonyl (C=O) groups is 1. The normalized spacial score (nSPS) is 11.6. The van der Waals surface area contributed by atoms with Crippen LogP contribution in [-0.4, -0.2) is 17.6 Å². The van der Waals surface area contributed by atoms with Crippen LogP contribution in [0.1, 0.15) is 22.2 Å². The van der Waals surface area contributed by atoms with E-state index >= 15 is 0 Å². The fraction of sp³-hybridized carbons (Fsp3) is 0.200. The maximum absolute atomic E-state index is 13.2. The third kappa shape index (κ3) is 3.46. The van der Waals surface area contributed by atoms with Gasteiger partial charge in [0.1, 0.15) is 11.6 Å². The molecule has 0 aliphatic heterocycles. The zero-order valence-corrected chi connectivity index (χ0v) is 15.6. The fourth-order valence-corrected chi connectivity index (χ4v) is 3.85. The van der Waals surface area contributed by atoms with Gasteiger partial charge in [-0.3, -0.25) is 4.79 Å². The molecule has 4 nitrogen and oxygen atoms in total. The molecule has 0 saturated heterocycles. The molecule has 6 heteroatoms. The largest absolute Gasteiger partial charge is 0.496 e. The summed E-state index contributed by atoms with van der Waals surface area (Å²) in [6, 6.07) is 13.4. The Morgan fingerprint density at radius 1 is 1.19 bits per heavy atom. The number of thiazole rings is 1. The lowest BCUT2D eigenvalue weighted by Gasteiger charge is -2.06. The van der Waals surface area contributed by atoms with Crippen molar-refractivity contribution in [1.29, 1.82) is 0 Å². The van der Waals surface area contributed by atoms with Gasteiger partial charge in [0.05, 0.1) is 18.4 Å². The van der Waals surface area contributed by atoms with Gasteiger partial charge in [-0.15, -0.1) is 11.3 Å². The number of rotatable bonds is 4. The van der Waals surface area contributed by atoms with E-state index in [1.54, 1.807) is 30.3 Å². The van der Waals surface area contributed by atoms with Crippen molar-refractivity contribution in [3.8, 4) is 17.0 Å². The van der Waals surface area contributed by atoms with E-state index in [0.717, 1.165) is 22.6 Å². The summed E-state index contributed by atoms with van der Waals surface area (Å²) in [5.74, 6) is -0.136. The smallest absolute Gasteiger partial charge is 0.283 e. The first kappa shape index (κ1) is 18.1. The number of hydrogen-bond acceptors (Lipinski definition) is 3. The summed E-state index contributed by atoms with van der Waals surface area (Å²) in [5.41, 5.74) is 2.27. The molecule has 0 aliphatic carbocycles. The molecule has 2 aromatic carbocycles. The number of amides is 1. The van der Waals surface area contributed by atoms with E-state index in [2.05, 4.69) is 4.99 Å². The van der Waals surface area contributed by atoms with Crippen molar-refractivity contribution in [1.82, 2.24) is 4.57 Å². The highest BCUT2D eigenvalue weighted by atomic mass is 32.1.